The van der Waals surface area contributed by atoms with Crippen LogP contribution in [0, 0.1) is 0 Å². The van der Waals surface area contributed by atoms with E-state index < -0.39 is 10.0 Å². The Hall–Kier alpha value is -1.63. The van der Waals surface area contributed by atoms with Crippen LogP contribution in [-0.4, -0.2) is 56.8 Å². The van der Waals surface area contributed by atoms with E-state index in [1.54, 1.807) is 6.08 Å². The third kappa shape index (κ3) is 3.55. The fourth-order valence-electron chi connectivity index (χ4n) is 3.21. The summed E-state index contributed by atoms with van der Waals surface area (Å²) >= 11 is 0. The topological polar surface area (TPSA) is 56.4 Å². The first-order valence-electron chi connectivity index (χ1n) is 8.27. The minimum Gasteiger partial charge on any atom is -0.361 e. The summed E-state index contributed by atoms with van der Waals surface area (Å²) in [5.74, 6) is 0.569. The van der Waals surface area contributed by atoms with Crippen molar-refractivity contribution in [2.75, 3.05) is 34.2 Å². The molecule has 3 rings (SSSR count). The molecule has 1 aliphatic rings. The molecule has 0 radical (unpaired) electrons. The van der Waals surface area contributed by atoms with Gasteiger partial charge in [0, 0.05) is 36.6 Å². The average molecular weight is 347 g/mol. The summed E-state index contributed by atoms with van der Waals surface area (Å²) in [7, 11) is 1.90. The lowest BCUT2D eigenvalue weighted by atomic mass is 9.89. The molecule has 0 saturated carbocycles. The maximum absolute atomic E-state index is 11.9. The molecule has 0 atom stereocenters. The molecule has 2 aromatic rings. The number of nitrogens with zero attached hydrogens (tertiary/aromatic N) is 2. The van der Waals surface area contributed by atoms with E-state index in [0.29, 0.717) is 5.92 Å². The third-order valence-corrected chi connectivity index (χ3v) is 6.34. The monoisotopic (exact) mass is 347 g/mol. The Balaban J connectivity index is 1.90. The van der Waals surface area contributed by atoms with E-state index in [0.717, 1.165) is 24.2 Å². The Bertz CT molecular complexity index is 844. The maximum atomic E-state index is 11.9. The fourth-order valence-corrected chi connectivity index (χ4v) is 3.78. The van der Waals surface area contributed by atoms with Crippen molar-refractivity contribution in [3.8, 4) is 0 Å². The first-order chi connectivity index (χ1) is 11.4. The molecular weight excluding hydrogens is 322 g/mol. The van der Waals surface area contributed by atoms with Gasteiger partial charge in [0.25, 0.3) is 0 Å². The minimum absolute atomic E-state index is 0.569. The number of piperidine rings is 1. The Morgan fingerprint density at radius 2 is 1.96 bits per heavy atom. The number of likely N-dealkylation sites (tertiary alicyclic amines) is 1. The number of hydrogen-bond acceptors (Lipinski definition) is 3. The van der Waals surface area contributed by atoms with Gasteiger partial charge in [0.15, 0.2) is 0 Å². The van der Waals surface area contributed by atoms with Crippen LogP contribution in [0.25, 0.3) is 17.0 Å². The molecule has 130 valence electrons. The SMILES string of the molecule is CN1CCC(c2c[nH]c3ccc(C=CS(=O)(=O)N(C)C)cc23)CC1. The van der Waals surface area contributed by atoms with Crippen molar-refractivity contribution in [2.24, 2.45) is 0 Å². The number of nitrogens with one attached hydrogen (secondary N) is 1. The number of H-pyrrole nitrogens is 1. The van der Waals surface area contributed by atoms with Gasteiger partial charge in [0.2, 0.25) is 10.0 Å². The van der Waals surface area contributed by atoms with Gasteiger partial charge in [-0.3, -0.25) is 0 Å². The molecule has 0 unspecified atom stereocenters. The van der Waals surface area contributed by atoms with Crippen LogP contribution >= 0.6 is 0 Å². The molecule has 5 nitrogen and oxygen atoms in total. The normalized spacial score (nSPS) is 18.2. The molecule has 1 N–H and O–H groups in total. The molecule has 1 saturated heterocycles. The summed E-state index contributed by atoms with van der Waals surface area (Å²) in [6, 6.07) is 6.05. The highest BCUT2D eigenvalue weighted by Crippen LogP contribution is 2.33. The van der Waals surface area contributed by atoms with E-state index in [1.807, 2.05) is 12.1 Å². The summed E-state index contributed by atoms with van der Waals surface area (Å²) in [5, 5.41) is 2.46. The van der Waals surface area contributed by atoms with Crippen molar-refractivity contribution in [1.29, 1.82) is 0 Å². The van der Waals surface area contributed by atoms with Crippen LogP contribution in [0.15, 0.2) is 29.8 Å². The zero-order valence-corrected chi connectivity index (χ0v) is 15.3. The Morgan fingerprint density at radius 1 is 1.25 bits per heavy atom. The second-order valence-corrected chi connectivity index (χ2v) is 8.79. The van der Waals surface area contributed by atoms with Crippen LogP contribution in [0.1, 0.15) is 29.9 Å². The van der Waals surface area contributed by atoms with Gasteiger partial charge in [0.05, 0.1) is 0 Å². The van der Waals surface area contributed by atoms with E-state index in [2.05, 4.69) is 29.2 Å². The van der Waals surface area contributed by atoms with E-state index in [1.165, 1.54) is 47.6 Å². The van der Waals surface area contributed by atoms with Crippen molar-refractivity contribution >= 4 is 27.0 Å². The van der Waals surface area contributed by atoms with E-state index in [4.69, 9.17) is 0 Å². The van der Waals surface area contributed by atoms with Crippen LogP contribution in [-0.2, 0) is 10.0 Å². The smallest absolute Gasteiger partial charge is 0.235 e. The number of sulfonamides is 1. The standard InChI is InChI=1S/C18H25N3O2S/c1-20(2)24(22,23)11-8-14-4-5-18-16(12-14)17(13-19-18)15-6-9-21(3)10-7-15/h4-5,8,11-13,15,19H,6-7,9-10H2,1-3H3. The molecule has 0 spiro atoms. The van der Waals surface area contributed by atoms with Crippen molar-refractivity contribution in [1.82, 2.24) is 14.2 Å². The molecule has 6 heteroatoms. The average Bonchev–Trinajstić information content (AvgIpc) is 2.97. The van der Waals surface area contributed by atoms with Crippen molar-refractivity contribution in [3.63, 3.8) is 0 Å². The summed E-state index contributed by atoms with van der Waals surface area (Å²) in [4.78, 5) is 5.72. The molecule has 1 fully saturated rings. The van der Waals surface area contributed by atoms with Gasteiger partial charge >= 0.3 is 0 Å². The van der Waals surface area contributed by atoms with Crippen molar-refractivity contribution in [3.05, 3.63) is 40.9 Å². The summed E-state index contributed by atoms with van der Waals surface area (Å²) in [6.45, 7) is 2.25. The van der Waals surface area contributed by atoms with Crippen LogP contribution in [0.3, 0.4) is 0 Å². The van der Waals surface area contributed by atoms with Gasteiger partial charge in [-0.2, -0.15) is 0 Å². The molecule has 2 heterocycles. The Kier molecular flexibility index (Phi) is 4.80. The van der Waals surface area contributed by atoms with Gasteiger partial charge < -0.3 is 9.88 Å². The highest BCUT2D eigenvalue weighted by Gasteiger charge is 2.21. The number of aromatic amines is 1. The summed E-state index contributed by atoms with van der Waals surface area (Å²) in [6.07, 6.45) is 6.11. The fraction of sp³-hybridized carbons (Fsp3) is 0.444. The predicted octanol–water partition coefficient (Wildman–Crippen LogP) is 2.84. The zero-order valence-electron chi connectivity index (χ0n) is 14.5. The summed E-state index contributed by atoms with van der Waals surface area (Å²) in [5.41, 5.74) is 3.36. The van der Waals surface area contributed by atoms with Crippen LogP contribution in [0.4, 0.5) is 0 Å². The quantitative estimate of drug-likeness (QED) is 0.925. The molecule has 0 bridgehead atoms. The zero-order chi connectivity index (χ0) is 17.3. The van der Waals surface area contributed by atoms with Gasteiger partial charge in [0.1, 0.15) is 0 Å². The van der Waals surface area contributed by atoms with E-state index in [9.17, 15) is 8.42 Å². The van der Waals surface area contributed by atoms with Gasteiger partial charge in [-0.05, 0) is 68.2 Å². The lowest BCUT2D eigenvalue weighted by Crippen LogP contribution is -2.29. The lowest BCUT2D eigenvalue weighted by Gasteiger charge is -2.28. The van der Waals surface area contributed by atoms with E-state index in [-0.39, 0.29) is 0 Å². The number of aromatic nitrogens is 1. The maximum Gasteiger partial charge on any atom is 0.235 e. The second kappa shape index (κ2) is 6.70. The molecule has 1 aliphatic heterocycles. The van der Waals surface area contributed by atoms with Gasteiger partial charge in [-0.25, -0.2) is 12.7 Å². The highest BCUT2D eigenvalue weighted by atomic mass is 32.2. The molecule has 1 aromatic heterocycles. The van der Waals surface area contributed by atoms with Gasteiger partial charge in [-0.1, -0.05) is 6.07 Å². The molecule has 0 amide bonds. The van der Waals surface area contributed by atoms with E-state index >= 15 is 0 Å². The Morgan fingerprint density at radius 3 is 2.62 bits per heavy atom. The molecular formula is C18H25N3O2S. The molecule has 24 heavy (non-hydrogen) atoms. The van der Waals surface area contributed by atoms with Crippen molar-refractivity contribution in [2.45, 2.75) is 18.8 Å². The van der Waals surface area contributed by atoms with Crippen molar-refractivity contribution < 1.29 is 8.42 Å². The number of rotatable bonds is 4. The molecule has 0 aliphatic carbocycles. The second-order valence-electron chi connectivity index (χ2n) is 6.76. The van der Waals surface area contributed by atoms with Crippen LogP contribution in [0.5, 0.6) is 0 Å². The summed E-state index contributed by atoms with van der Waals surface area (Å²) < 4.78 is 25.0. The number of hydrogen-bond donors (Lipinski definition) is 1. The molecule has 1 aromatic carbocycles. The number of fused-ring (bicyclic) bond motifs is 1. The van der Waals surface area contributed by atoms with Crippen LogP contribution in [0.2, 0.25) is 0 Å². The minimum atomic E-state index is -3.33. The predicted molar refractivity (Wildman–Crippen MR) is 99.4 cm³/mol. The first-order valence-corrected chi connectivity index (χ1v) is 9.77. The van der Waals surface area contributed by atoms with Crippen LogP contribution < -0.4 is 0 Å². The number of benzene rings is 1. The third-order valence-electron chi connectivity index (χ3n) is 4.84. The largest absolute Gasteiger partial charge is 0.361 e. The highest BCUT2D eigenvalue weighted by molar-refractivity contribution is 7.92. The lowest BCUT2D eigenvalue weighted by molar-refractivity contribution is 0.256. The Labute approximate surface area is 144 Å². The first kappa shape index (κ1) is 17.2. The van der Waals surface area contributed by atoms with Gasteiger partial charge in [-0.15, -0.1) is 0 Å².